The highest BCUT2D eigenvalue weighted by Gasteiger charge is 2.13. The number of carbonyl (C=O) groups is 2. The van der Waals surface area contributed by atoms with Gasteiger partial charge in [-0.25, -0.2) is 4.79 Å². The van der Waals surface area contributed by atoms with Gasteiger partial charge in [-0.05, 0) is 40.2 Å². The van der Waals surface area contributed by atoms with Gasteiger partial charge in [0.2, 0.25) is 5.91 Å². The second-order valence-electron chi connectivity index (χ2n) is 4.22. The first-order chi connectivity index (χ1) is 10.0. The maximum atomic E-state index is 12.0. The summed E-state index contributed by atoms with van der Waals surface area (Å²) in [5.41, 5.74) is 0.623. The van der Waals surface area contributed by atoms with Crippen molar-refractivity contribution in [1.82, 2.24) is 4.57 Å². The number of carboxylic acids is 1. The summed E-state index contributed by atoms with van der Waals surface area (Å²) in [5.74, 6) is -0.793. The van der Waals surface area contributed by atoms with Gasteiger partial charge in [0, 0.05) is 16.7 Å². The topological polar surface area (TPSA) is 80.6 Å². The van der Waals surface area contributed by atoms with Gasteiger partial charge >= 0.3 is 5.97 Å². The number of rotatable bonds is 5. The molecular formula is C14H13BrN2O4. The number of halogens is 1. The number of anilines is 1. The van der Waals surface area contributed by atoms with Crippen LogP contribution in [0.1, 0.15) is 10.5 Å². The van der Waals surface area contributed by atoms with Crippen molar-refractivity contribution >= 4 is 33.5 Å². The number of hydrogen-bond donors (Lipinski definition) is 2. The SMILES string of the molecule is COc1ccc(Br)c(NC(=O)Cn2cccc2C(=O)O)c1. The molecule has 7 heteroatoms. The van der Waals surface area contributed by atoms with Crippen molar-refractivity contribution in [2.24, 2.45) is 0 Å². The third-order valence-electron chi connectivity index (χ3n) is 2.81. The van der Waals surface area contributed by atoms with Gasteiger partial charge in [0.1, 0.15) is 18.0 Å². The van der Waals surface area contributed by atoms with Crippen LogP contribution in [0, 0.1) is 0 Å². The zero-order valence-corrected chi connectivity index (χ0v) is 12.8. The van der Waals surface area contributed by atoms with E-state index in [9.17, 15) is 9.59 Å². The lowest BCUT2D eigenvalue weighted by Gasteiger charge is -2.10. The minimum Gasteiger partial charge on any atom is -0.497 e. The molecule has 1 aromatic carbocycles. The lowest BCUT2D eigenvalue weighted by molar-refractivity contribution is -0.116. The van der Waals surface area contributed by atoms with Crippen molar-refractivity contribution in [3.05, 3.63) is 46.7 Å². The molecule has 0 radical (unpaired) electrons. The highest BCUT2D eigenvalue weighted by atomic mass is 79.9. The Bertz CT molecular complexity index is 681. The quantitative estimate of drug-likeness (QED) is 0.866. The molecule has 110 valence electrons. The fraction of sp³-hybridized carbons (Fsp3) is 0.143. The molecule has 0 bridgehead atoms. The lowest BCUT2D eigenvalue weighted by atomic mass is 10.3. The molecule has 0 aliphatic rings. The second-order valence-corrected chi connectivity index (χ2v) is 5.07. The predicted molar refractivity (Wildman–Crippen MR) is 80.7 cm³/mol. The van der Waals surface area contributed by atoms with Gasteiger partial charge < -0.3 is 19.7 Å². The van der Waals surface area contributed by atoms with Crippen molar-refractivity contribution < 1.29 is 19.4 Å². The molecule has 1 heterocycles. The Hall–Kier alpha value is -2.28. The Kier molecular flexibility index (Phi) is 4.64. The van der Waals surface area contributed by atoms with Gasteiger partial charge in [-0.3, -0.25) is 4.79 Å². The molecule has 2 N–H and O–H groups in total. The number of amides is 1. The van der Waals surface area contributed by atoms with E-state index in [1.165, 1.54) is 17.7 Å². The first-order valence-corrected chi connectivity index (χ1v) is 6.82. The molecule has 6 nitrogen and oxygen atoms in total. The van der Waals surface area contributed by atoms with Gasteiger partial charge in [0.15, 0.2) is 0 Å². The van der Waals surface area contributed by atoms with E-state index in [0.717, 1.165) is 0 Å². The monoisotopic (exact) mass is 352 g/mol. The molecule has 0 unspecified atom stereocenters. The molecule has 0 aliphatic carbocycles. The Morgan fingerprint density at radius 3 is 2.81 bits per heavy atom. The van der Waals surface area contributed by atoms with E-state index < -0.39 is 5.97 Å². The van der Waals surface area contributed by atoms with Crippen molar-refractivity contribution in [2.45, 2.75) is 6.54 Å². The second kappa shape index (κ2) is 6.45. The fourth-order valence-corrected chi connectivity index (χ4v) is 2.16. The van der Waals surface area contributed by atoms with Gasteiger partial charge in [0.25, 0.3) is 0 Å². The highest BCUT2D eigenvalue weighted by molar-refractivity contribution is 9.10. The molecular weight excluding hydrogens is 340 g/mol. The normalized spacial score (nSPS) is 10.2. The molecule has 2 rings (SSSR count). The predicted octanol–water partition coefficient (Wildman–Crippen LogP) is 2.60. The van der Waals surface area contributed by atoms with Gasteiger partial charge in [-0.15, -0.1) is 0 Å². The molecule has 0 aliphatic heterocycles. The molecule has 1 amide bonds. The zero-order valence-electron chi connectivity index (χ0n) is 11.2. The number of carbonyl (C=O) groups excluding carboxylic acids is 1. The van der Waals surface area contributed by atoms with E-state index in [2.05, 4.69) is 21.2 Å². The number of nitrogens with one attached hydrogen (secondary N) is 1. The first-order valence-electron chi connectivity index (χ1n) is 6.03. The summed E-state index contributed by atoms with van der Waals surface area (Å²) in [5, 5.41) is 11.7. The van der Waals surface area contributed by atoms with E-state index in [4.69, 9.17) is 9.84 Å². The molecule has 1 aromatic heterocycles. The number of methoxy groups -OCH3 is 1. The summed E-state index contributed by atoms with van der Waals surface area (Å²) >= 11 is 3.33. The Labute approximate surface area is 129 Å². The molecule has 0 fully saturated rings. The summed E-state index contributed by atoms with van der Waals surface area (Å²) in [6.45, 7) is -0.0850. The van der Waals surface area contributed by atoms with Crippen LogP contribution < -0.4 is 10.1 Å². The summed E-state index contributed by atoms with van der Waals surface area (Å²) < 4.78 is 7.17. The molecule has 21 heavy (non-hydrogen) atoms. The number of carboxylic acid groups (broad SMARTS) is 1. The number of benzene rings is 1. The third-order valence-corrected chi connectivity index (χ3v) is 3.50. The Morgan fingerprint density at radius 2 is 2.14 bits per heavy atom. The van der Waals surface area contributed by atoms with E-state index in [0.29, 0.717) is 15.9 Å². The molecule has 0 saturated carbocycles. The Balaban J connectivity index is 2.11. The average molecular weight is 353 g/mol. The van der Waals surface area contributed by atoms with Gasteiger partial charge in [-0.2, -0.15) is 0 Å². The van der Waals surface area contributed by atoms with Crippen LogP contribution in [0.5, 0.6) is 5.75 Å². The zero-order chi connectivity index (χ0) is 15.4. The fourth-order valence-electron chi connectivity index (χ4n) is 1.82. The smallest absolute Gasteiger partial charge is 0.352 e. The van der Waals surface area contributed by atoms with E-state index in [1.54, 1.807) is 30.5 Å². The summed E-state index contributed by atoms with van der Waals surface area (Å²) in [7, 11) is 1.54. The molecule has 2 aromatic rings. The van der Waals surface area contributed by atoms with Crippen LogP contribution in [0.2, 0.25) is 0 Å². The van der Waals surface area contributed by atoms with Crippen LogP contribution >= 0.6 is 15.9 Å². The first kappa shape index (κ1) is 15.1. The summed E-state index contributed by atoms with van der Waals surface area (Å²) in [6, 6.07) is 8.21. The van der Waals surface area contributed by atoms with Crippen LogP contribution in [-0.2, 0) is 11.3 Å². The van der Waals surface area contributed by atoms with Crippen molar-refractivity contribution in [3.8, 4) is 5.75 Å². The van der Waals surface area contributed by atoms with Crippen LogP contribution in [0.25, 0.3) is 0 Å². The van der Waals surface area contributed by atoms with Gasteiger partial charge in [0.05, 0.1) is 12.8 Å². The summed E-state index contributed by atoms with van der Waals surface area (Å²) in [4.78, 5) is 23.0. The van der Waals surface area contributed by atoms with Crippen molar-refractivity contribution in [1.29, 1.82) is 0 Å². The minimum atomic E-state index is -1.07. The number of aromatic carboxylic acids is 1. The van der Waals surface area contributed by atoms with Gasteiger partial charge in [-0.1, -0.05) is 0 Å². The number of nitrogens with zero attached hydrogens (tertiary/aromatic N) is 1. The van der Waals surface area contributed by atoms with Crippen LogP contribution in [-0.4, -0.2) is 28.7 Å². The largest absolute Gasteiger partial charge is 0.497 e. The van der Waals surface area contributed by atoms with Crippen molar-refractivity contribution in [2.75, 3.05) is 12.4 Å². The van der Waals surface area contributed by atoms with E-state index >= 15 is 0 Å². The third kappa shape index (κ3) is 3.63. The number of aromatic nitrogens is 1. The Morgan fingerprint density at radius 1 is 1.38 bits per heavy atom. The average Bonchev–Trinajstić information content (AvgIpc) is 2.89. The lowest BCUT2D eigenvalue weighted by Crippen LogP contribution is -2.21. The molecule has 0 atom stereocenters. The van der Waals surface area contributed by atoms with E-state index in [-0.39, 0.29) is 18.1 Å². The standard InChI is InChI=1S/C14H13BrN2O4/c1-21-9-4-5-10(15)11(7-9)16-13(18)8-17-6-2-3-12(17)14(19)20/h2-7H,8H2,1H3,(H,16,18)(H,19,20). The molecule has 0 spiro atoms. The van der Waals surface area contributed by atoms with Crippen LogP contribution in [0.15, 0.2) is 41.0 Å². The summed E-state index contributed by atoms with van der Waals surface area (Å²) in [6.07, 6.45) is 1.55. The number of ether oxygens (including phenoxy) is 1. The van der Waals surface area contributed by atoms with Crippen molar-refractivity contribution in [3.63, 3.8) is 0 Å². The maximum absolute atomic E-state index is 12.0. The molecule has 0 saturated heterocycles. The van der Waals surface area contributed by atoms with Crippen LogP contribution in [0.3, 0.4) is 0 Å². The highest BCUT2D eigenvalue weighted by Crippen LogP contribution is 2.27. The minimum absolute atomic E-state index is 0.0647. The van der Waals surface area contributed by atoms with E-state index in [1.807, 2.05) is 0 Å². The van der Waals surface area contributed by atoms with Crippen LogP contribution in [0.4, 0.5) is 5.69 Å². The maximum Gasteiger partial charge on any atom is 0.352 e. The number of hydrogen-bond acceptors (Lipinski definition) is 3.